The minimum atomic E-state index is -0.788. The van der Waals surface area contributed by atoms with Crippen LogP contribution in [0.1, 0.15) is 0 Å². The van der Waals surface area contributed by atoms with E-state index in [1.54, 1.807) is 11.0 Å². The van der Waals surface area contributed by atoms with Crippen molar-refractivity contribution in [3.8, 4) is 22.9 Å². The Bertz CT molecular complexity index is 1160. The first-order valence-corrected chi connectivity index (χ1v) is 10.2. The van der Waals surface area contributed by atoms with Gasteiger partial charge in [0.2, 0.25) is 11.2 Å². The van der Waals surface area contributed by atoms with E-state index in [2.05, 4.69) is 9.36 Å². The number of hydrogen-bond donors (Lipinski definition) is 0. The summed E-state index contributed by atoms with van der Waals surface area (Å²) in [5.74, 6) is 1.51. The summed E-state index contributed by atoms with van der Waals surface area (Å²) in [4.78, 5) is 19.7. The average Bonchev–Trinajstić information content (AvgIpc) is 3.30. The zero-order valence-electron chi connectivity index (χ0n) is 15.8. The quantitative estimate of drug-likeness (QED) is 0.483. The number of carbonyl (C=O) groups is 1. The van der Waals surface area contributed by atoms with E-state index in [0.29, 0.717) is 28.1 Å². The number of nitrogens with zero attached hydrogens (tertiary/aromatic N) is 3. The molecule has 1 aromatic heterocycles. The Morgan fingerprint density at radius 2 is 1.57 bits per heavy atom. The number of aromatic nitrogens is 2. The third-order valence-corrected chi connectivity index (χ3v) is 5.36. The van der Waals surface area contributed by atoms with Gasteiger partial charge in [-0.2, -0.15) is 9.36 Å². The van der Waals surface area contributed by atoms with E-state index in [4.69, 9.17) is 9.47 Å². The average molecular weight is 415 g/mol. The highest BCUT2D eigenvalue weighted by Gasteiger charge is 2.34. The van der Waals surface area contributed by atoms with Gasteiger partial charge in [-0.1, -0.05) is 60.7 Å². The molecule has 1 unspecified atom stereocenters. The summed E-state index contributed by atoms with van der Waals surface area (Å²) in [6.07, 6.45) is -0.788. The lowest BCUT2D eigenvalue weighted by Crippen LogP contribution is -2.44. The first-order chi connectivity index (χ1) is 14.8. The zero-order chi connectivity index (χ0) is 20.3. The molecule has 5 rings (SSSR count). The number of fused-ring (bicyclic) bond motifs is 1. The highest BCUT2D eigenvalue weighted by Crippen LogP contribution is 2.34. The Kier molecular flexibility index (Phi) is 4.86. The topological polar surface area (TPSA) is 64.6 Å². The van der Waals surface area contributed by atoms with Gasteiger partial charge in [-0.05, 0) is 24.3 Å². The number of benzene rings is 3. The minimum absolute atomic E-state index is 0.128. The smallest absolute Gasteiger partial charge is 0.278 e. The highest BCUT2D eigenvalue weighted by molar-refractivity contribution is 7.10. The molecule has 6 nitrogen and oxygen atoms in total. The summed E-state index contributed by atoms with van der Waals surface area (Å²) in [6, 6.07) is 26.4. The number of carbonyl (C=O) groups excluding carboxylic acids is 1. The Balaban J connectivity index is 1.49. The predicted molar refractivity (Wildman–Crippen MR) is 115 cm³/mol. The van der Waals surface area contributed by atoms with Crippen LogP contribution in [0.15, 0.2) is 84.9 Å². The molecule has 7 heteroatoms. The van der Waals surface area contributed by atoms with Crippen molar-refractivity contribution in [3.05, 3.63) is 84.9 Å². The number of anilines is 2. The van der Waals surface area contributed by atoms with Gasteiger partial charge in [-0.25, -0.2) is 0 Å². The van der Waals surface area contributed by atoms with Crippen molar-refractivity contribution < 1.29 is 14.3 Å². The van der Waals surface area contributed by atoms with Crippen LogP contribution in [0.3, 0.4) is 0 Å². The normalized spacial score (nSPS) is 14.9. The molecule has 30 heavy (non-hydrogen) atoms. The molecule has 3 aromatic carbocycles. The second-order valence-corrected chi connectivity index (χ2v) is 7.37. The number of rotatable bonds is 4. The second kappa shape index (κ2) is 7.96. The van der Waals surface area contributed by atoms with E-state index < -0.39 is 6.10 Å². The Morgan fingerprint density at radius 1 is 0.900 bits per heavy atom. The molecular formula is C23H17N3O3S. The molecule has 0 saturated heterocycles. The monoisotopic (exact) mass is 415 g/mol. The number of para-hydroxylation sites is 3. The van der Waals surface area contributed by atoms with Crippen molar-refractivity contribution in [2.45, 2.75) is 6.10 Å². The van der Waals surface area contributed by atoms with Crippen LogP contribution in [0.4, 0.5) is 10.8 Å². The maximum absolute atomic E-state index is 13.5. The molecule has 4 aromatic rings. The van der Waals surface area contributed by atoms with Gasteiger partial charge in [-0.3, -0.25) is 9.69 Å². The van der Waals surface area contributed by atoms with E-state index in [1.807, 2.05) is 78.9 Å². The number of hydrogen-bond acceptors (Lipinski definition) is 6. The van der Waals surface area contributed by atoms with E-state index in [9.17, 15) is 4.79 Å². The molecule has 1 atom stereocenters. The summed E-state index contributed by atoms with van der Waals surface area (Å²) < 4.78 is 16.2. The Hall–Kier alpha value is -3.71. The van der Waals surface area contributed by atoms with Crippen LogP contribution < -0.4 is 14.4 Å². The molecule has 148 valence electrons. The van der Waals surface area contributed by atoms with Gasteiger partial charge < -0.3 is 9.47 Å². The van der Waals surface area contributed by atoms with Crippen LogP contribution in [0, 0.1) is 0 Å². The lowest BCUT2D eigenvalue weighted by Gasteiger charge is -2.29. The van der Waals surface area contributed by atoms with Crippen LogP contribution in [0.2, 0.25) is 0 Å². The van der Waals surface area contributed by atoms with E-state index >= 15 is 0 Å². The molecule has 1 amide bonds. The van der Waals surface area contributed by atoms with Gasteiger partial charge in [0.05, 0.1) is 5.69 Å². The maximum Gasteiger partial charge on any atom is 0.278 e. The molecule has 0 saturated carbocycles. The van der Waals surface area contributed by atoms with Crippen LogP contribution in [-0.2, 0) is 4.79 Å². The fourth-order valence-electron chi connectivity index (χ4n) is 3.21. The largest absolute Gasteiger partial charge is 0.485 e. The fourth-order valence-corrected chi connectivity index (χ4v) is 3.92. The molecule has 1 aliphatic rings. The Labute approximate surface area is 177 Å². The van der Waals surface area contributed by atoms with Gasteiger partial charge in [0.1, 0.15) is 6.61 Å². The van der Waals surface area contributed by atoms with Crippen molar-refractivity contribution in [1.82, 2.24) is 9.36 Å². The van der Waals surface area contributed by atoms with Crippen molar-refractivity contribution in [2.75, 3.05) is 11.5 Å². The van der Waals surface area contributed by atoms with Crippen LogP contribution in [-0.4, -0.2) is 28.0 Å². The molecule has 0 radical (unpaired) electrons. The summed E-state index contributed by atoms with van der Waals surface area (Å²) in [7, 11) is 0. The van der Waals surface area contributed by atoms with Gasteiger partial charge in [-0.15, -0.1) is 0 Å². The van der Waals surface area contributed by atoms with Gasteiger partial charge in [0.15, 0.2) is 17.3 Å². The third kappa shape index (κ3) is 3.51. The van der Waals surface area contributed by atoms with Crippen LogP contribution in [0.25, 0.3) is 11.4 Å². The minimum Gasteiger partial charge on any atom is -0.485 e. The van der Waals surface area contributed by atoms with E-state index in [0.717, 1.165) is 5.56 Å². The molecule has 0 spiro atoms. The molecular weight excluding hydrogens is 398 g/mol. The second-order valence-electron chi connectivity index (χ2n) is 6.64. The maximum atomic E-state index is 13.5. The lowest BCUT2D eigenvalue weighted by molar-refractivity contribution is -0.126. The molecule has 0 bridgehead atoms. The molecule has 0 N–H and O–H groups in total. The lowest BCUT2D eigenvalue weighted by atomic mass is 10.2. The predicted octanol–water partition coefficient (Wildman–Crippen LogP) is 4.71. The molecule has 0 aliphatic carbocycles. The van der Waals surface area contributed by atoms with E-state index in [1.165, 1.54) is 11.5 Å². The van der Waals surface area contributed by atoms with Gasteiger partial charge in [0.25, 0.3) is 5.91 Å². The van der Waals surface area contributed by atoms with Crippen molar-refractivity contribution >= 4 is 28.3 Å². The standard InChI is InChI=1S/C23H17N3O3S/c27-22(20-15-28-18-13-7-8-14-19(18)29-20)26(17-11-5-2-6-12-17)23-24-21(25-30-23)16-9-3-1-4-10-16/h1-14,20H,15H2. The molecule has 0 fully saturated rings. The zero-order valence-corrected chi connectivity index (χ0v) is 16.7. The molecule has 2 heterocycles. The van der Waals surface area contributed by atoms with Gasteiger partial charge >= 0.3 is 0 Å². The molecule has 1 aliphatic heterocycles. The SMILES string of the molecule is O=C(C1COc2ccccc2O1)N(c1ccccc1)c1nc(-c2ccccc2)ns1. The van der Waals surface area contributed by atoms with Crippen LogP contribution >= 0.6 is 11.5 Å². The summed E-state index contributed by atoms with van der Waals surface area (Å²) >= 11 is 1.17. The summed E-state index contributed by atoms with van der Waals surface area (Å²) in [6.45, 7) is 0.128. The summed E-state index contributed by atoms with van der Waals surface area (Å²) in [5, 5.41) is 0.479. The van der Waals surface area contributed by atoms with Crippen molar-refractivity contribution in [1.29, 1.82) is 0 Å². The first kappa shape index (κ1) is 18.3. The summed E-state index contributed by atoms with van der Waals surface area (Å²) in [5.41, 5.74) is 1.59. The Morgan fingerprint density at radius 3 is 2.33 bits per heavy atom. The van der Waals surface area contributed by atoms with Crippen molar-refractivity contribution in [3.63, 3.8) is 0 Å². The van der Waals surface area contributed by atoms with Gasteiger partial charge in [0, 0.05) is 17.1 Å². The number of ether oxygens (including phenoxy) is 2. The van der Waals surface area contributed by atoms with E-state index in [-0.39, 0.29) is 12.5 Å². The van der Waals surface area contributed by atoms with Crippen LogP contribution in [0.5, 0.6) is 11.5 Å². The highest BCUT2D eigenvalue weighted by atomic mass is 32.1. The fraction of sp³-hybridized carbons (Fsp3) is 0.0870. The van der Waals surface area contributed by atoms with Crippen molar-refractivity contribution in [2.24, 2.45) is 0 Å². The third-order valence-electron chi connectivity index (χ3n) is 4.66. The first-order valence-electron chi connectivity index (χ1n) is 9.46. The number of amides is 1.